The van der Waals surface area contributed by atoms with Gasteiger partial charge in [0.05, 0.1) is 30.2 Å². The van der Waals surface area contributed by atoms with E-state index in [-0.39, 0.29) is 0 Å². The van der Waals surface area contributed by atoms with Gasteiger partial charge in [-0.2, -0.15) is 0 Å². The van der Waals surface area contributed by atoms with E-state index < -0.39 is 10.0 Å². The molecule has 1 aromatic rings. The molecule has 18 heavy (non-hydrogen) atoms. The van der Waals surface area contributed by atoms with Crippen LogP contribution in [-0.4, -0.2) is 41.0 Å². The number of benzene rings is 1. The van der Waals surface area contributed by atoms with E-state index in [0.29, 0.717) is 23.9 Å². The Bertz CT molecular complexity index is 527. The molecule has 1 aromatic carbocycles. The third-order valence-corrected chi connectivity index (χ3v) is 3.54. The van der Waals surface area contributed by atoms with Crippen LogP contribution in [-0.2, 0) is 14.8 Å². The summed E-state index contributed by atoms with van der Waals surface area (Å²) < 4.78 is 30.2. The second kappa shape index (κ2) is 5.34. The first kappa shape index (κ1) is 13.5. The van der Waals surface area contributed by atoms with Crippen LogP contribution < -0.4 is 9.62 Å². The standard InChI is InChI=1S/C11H15ClN2O3S/c1-18(15,16)13-11-8-9(2-3-10(11)12)14-4-6-17-7-5-14/h2-3,8,13H,4-7H2,1H3. The molecule has 100 valence electrons. The Morgan fingerprint density at radius 2 is 2.00 bits per heavy atom. The van der Waals surface area contributed by atoms with Crippen LogP contribution in [0, 0.1) is 0 Å². The largest absolute Gasteiger partial charge is 0.378 e. The van der Waals surface area contributed by atoms with Crippen molar-refractivity contribution in [1.82, 2.24) is 0 Å². The summed E-state index contributed by atoms with van der Waals surface area (Å²) in [7, 11) is -3.32. The number of nitrogens with one attached hydrogen (secondary N) is 1. The topological polar surface area (TPSA) is 58.6 Å². The molecule has 0 atom stereocenters. The molecule has 0 spiro atoms. The van der Waals surface area contributed by atoms with Gasteiger partial charge in [0.2, 0.25) is 10.0 Å². The van der Waals surface area contributed by atoms with Crippen molar-refractivity contribution in [2.45, 2.75) is 0 Å². The van der Waals surface area contributed by atoms with Crippen LogP contribution in [0.4, 0.5) is 11.4 Å². The first-order valence-corrected chi connectivity index (χ1v) is 7.83. The maximum atomic E-state index is 11.2. The first-order valence-electron chi connectivity index (χ1n) is 5.56. The second-order valence-electron chi connectivity index (χ2n) is 4.14. The van der Waals surface area contributed by atoms with E-state index in [1.807, 2.05) is 6.07 Å². The fraction of sp³-hybridized carbons (Fsp3) is 0.455. The third kappa shape index (κ3) is 3.51. The van der Waals surface area contributed by atoms with Crippen molar-refractivity contribution < 1.29 is 13.2 Å². The predicted molar refractivity (Wildman–Crippen MR) is 73.0 cm³/mol. The highest BCUT2D eigenvalue weighted by Gasteiger charge is 2.14. The van der Waals surface area contributed by atoms with E-state index in [9.17, 15) is 8.42 Å². The highest BCUT2D eigenvalue weighted by molar-refractivity contribution is 7.92. The molecule has 2 rings (SSSR count). The molecular weight excluding hydrogens is 276 g/mol. The lowest BCUT2D eigenvalue weighted by Gasteiger charge is -2.29. The Labute approximate surface area is 112 Å². The molecule has 0 unspecified atom stereocenters. The van der Waals surface area contributed by atoms with Crippen LogP contribution in [0.5, 0.6) is 0 Å². The summed E-state index contributed by atoms with van der Waals surface area (Å²) >= 11 is 5.97. The van der Waals surface area contributed by atoms with Crippen LogP contribution in [0.15, 0.2) is 18.2 Å². The molecule has 1 aliphatic heterocycles. The van der Waals surface area contributed by atoms with Crippen LogP contribution >= 0.6 is 11.6 Å². The van der Waals surface area contributed by atoms with Gasteiger partial charge in [-0.25, -0.2) is 8.42 Å². The van der Waals surface area contributed by atoms with Crippen molar-refractivity contribution in [3.63, 3.8) is 0 Å². The highest BCUT2D eigenvalue weighted by Crippen LogP contribution is 2.28. The number of nitrogens with zero attached hydrogens (tertiary/aromatic N) is 1. The minimum atomic E-state index is -3.32. The predicted octanol–water partition coefficient (Wildman–Crippen LogP) is 1.55. The molecule has 5 nitrogen and oxygen atoms in total. The number of ether oxygens (including phenoxy) is 1. The zero-order valence-electron chi connectivity index (χ0n) is 10.0. The third-order valence-electron chi connectivity index (χ3n) is 2.62. The summed E-state index contributed by atoms with van der Waals surface area (Å²) in [5.41, 5.74) is 1.34. The van der Waals surface area contributed by atoms with Crippen molar-refractivity contribution in [3.05, 3.63) is 23.2 Å². The van der Waals surface area contributed by atoms with Crippen molar-refractivity contribution >= 4 is 33.0 Å². The number of hydrogen-bond acceptors (Lipinski definition) is 4. The van der Waals surface area contributed by atoms with Gasteiger partial charge in [-0.05, 0) is 18.2 Å². The monoisotopic (exact) mass is 290 g/mol. The van der Waals surface area contributed by atoms with E-state index in [1.54, 1.807) is 12.1 Å². The van der Waals surface area contributed by atoms with E-state index in [1.165, 1.54) is 0 Å². The summed E-state index contributed by atoms with van der Waals surface area (Å²) in [5, 5.41) is 0.387. The van der Waals surface area contributed by atoms with E-state index in [4.69, 9.17) is 16.3 Å². The van der Waals surface area contributed by atoms with E-state index in [2.05, 4.69) is 9.62 Å². The molecule has 1 saturated heterocycles. The molecule has 7 heteroatoms. The quantitative estimate of drug-likeness (QED) is 0.917. The highest BCUT2D eigenvalue weighted by atomic mass is 35.5. The summed E-state index contributed by atoms with van der Waals surface area (Å²) in [4.78, 5) is 2.13. The summed E-state index contributed by atoms with van der Waals surface area (Å²) in [6.45, 7) is 2.94. The van der Waals surface area contributed by atoms with Crippen LogP contribution in [0.1, 0.15) is 0 Å². The second-order valence-corrected chi connectivity index (χ2v) is 6.29. The number of hydrogen-bond donors (Lipinski definition) is 1. The van der Waals surface area contributed by atoms with Gasteiger partial charge < -0.3 is 9.64 Å². The Morgan fingerprint density at radius 1 is 1.33 bits per heavy atom. The van der Waals surface area contributed by atoms with Crippen LogP contribution in [0.3, 0.4) is 0 Å². The normalized spacial score (nSPS) is 16.7. The SMILES string of the molecule is CS(=O)(=O)Nc1cc(N2CCOCC2)ccc1Cl. The molecule has 0 bridgehead atoms. The van der Waals surface area contributed by atoms with Gasteiger partial charge in [0, 0.05) is 18.8 Å². The lowest BCUT2D eigenvalue weighted by atomic mass is 10.2. The van der Waals surface area contributed by atoms with Gasteiger partial charge in [0.25, 0.3) is 0 Å². The van der Waals surface area contributed by atoms with E-state index >= 15 is 0 Å². The van der Waals surface area contributed by atoms with Crippen molar-refractivity contribution in [3.8, 4) is 0 Å². The number of sulfonamides is 1. The summed E-state index contributed by atoms with van der Waals surface area (Å²) in [5.74, 6) is 0. The molecule has 1 heterocycles. The summed E-state index contributed by atoms with van der Waals surface area (Å²) in [6, 6.07) is 5.32. The van der Waals surface area contributed by atoms with Gasteiger partial charge in [-0.15, -0.1) is 0 Å². The fourth-order valence-corrected chi connectivity index (χ4v) is 2.60. The number of halogens is 1. The maximum Gasteiger partial charge on any atom is 0.229 e. The van der Waals surface area contributed by atoms with Gasteiger partial charge in [-0.3, -0.25) is 4.72 Å². The Kier molecular flexibility index (Phi) is 3.99. The van der Waals surface area contributed by atoms with Crippen LogP contribution in [0.25, 0.3) is 0 Å². The maximum absolute atomic E-state index is 11.2. The number of anilines is 2. The molecule has 0 aliphatic carbocycles. The Hall–Kier alpha value is -0.980. The van der Waals surface area contributed by atoms with Gasteiger partial charge in [0.1, 0.15) is 0 Å². The average Bonchev–Trinajstić information content (AvgIpc) is 2.31. The molecule has 1 aliphatic rings. The lowest BCUT2D eigenvalue weighted by molar-refractivity contribution is 0.122. The van der Waals surface area contributed by atoms with Crippen molar-refractivity contribution in [2.24, 2.45) is 0 Å². The van der Waals surface area contributed by atoms with Gasteiger partial charge >= 0.3 is 0 Å². The summed E-state index contributed by atoms with van der Waals surface area (Å²) in [6.07, 6.45) is 1.10. The van der Waals surface area contributed by atoms with Crippen molar-refractivity contribution in [2.75, 3.05) is 42.2 Å². The zero-order chi connectivity index (χ0) is 13.2. The molecule has 1 fully saturated rings. The molecule has 0 saturated carbocycles. The Morgan fingerprint density at radius 3 is 2.61 bits per heavy atom. The lowest BCUT2D eigenvalue weighted by Crippen LogP contribution is -2.36. The molecule has 0 radical (unpaired) electrons. The first-order chi connectivity index (χ1) is 8.46. The van der Waals surface area contributed by atoms with Gasteiger partial charge in [0.15, 0.2) is 0 Å². The fourth-order valence-electron chi connectivity index (χ4n) is 1.81. The smallest absolute Gasteiger partial charge is 0.229 e. The molecule has 1 N–H and O–H groups in total. The molecular formula is C11H15ClN2O3S. The number of morpholine rings is 1. The molecule has 0 amide bonds. The molecule has 0 aromatic heterocycles. The minimum absolute atomic E-state index is 0.387. The zero-order valence-corrected chi connectivity index (χ0v) is 11.6. The Balaban J connectivity index is 2.25. The minimum Gasteiger partial charge on any atom is -0.378 e. The van der Waals surface area contributed by atoms with Gasteiger partial charge in [-0.1, -0.05) is 11.6 Å². The van der Waals surface area contributed by atoms with Crippen LogP contribution in [0.2, 0.25) is 5.02 Å². The van der Waals surface area contributed by atoms with Crippen molar-refractivity contribution in [1.29, 1.82) is 0 Å². The number of rotatable bonds is 3. The average molecular weight is 291 g/mol. The van der Waals surface area contributed by atoms with E-state index in [0.717, 1.165) is 25.0 Å².